The minimum absolute atomic E-state index is 0.000760. The van der Waals surface area contributed by atoms with Crippen LogP contribution >= 0.6 is 11.6 Å². The van der Waals surface area contributed by atoms with E-state index in [0.29, 0.717) is 0 Å². The highest BCUT2D eigenvalue weighted by molar-refractivity contribution is 6.37. The van der Waals surface area contributed by atoms with E-state index in [1.807, 2.05) is 0 Å². The minimum atomic E-state index is -0.145. The topological polar surface area (TPSA) is 9.72 Å². The fourth-order valence-corrected chi connectivity index (χ4v) is 12.1. The van der Waals surface area contributed by atoms with Crippen molar-refractivity contribution in [1.82, 2.24) is 0 Å². The van der Waals surface area contributed by atoms with Crippen LogP contribution in [-0.4, -0.2) is 11.1 Å². The fourth-order valence-electron chi connectivity index (χ4n) is 11.8. The van der Waals surface area contributed by atoms with Crippen LogP contribution < -0.4 is 14.7 Å². The molecule has 9 rings (SSSR count). The number of benzene rings is 5. The summed E-state index contributed by atoms with van der Waals surface area (Å²) >= 11 is 8.19. The van der Waals surface area contributed by atoms with Gasteiger partial charge in [-0.2, -0.15) is 0 Å². The molecule has 2 aliphatic carbocycles. The predicted molar refractivity (Wildman–Crippen MR) is 249 cm³/mol. The second kappa shape index (κ2) is 13.4. The van der Waals surface area contributed by atoms with Gasteiger partial charge in [-0.3, -0.25) is 0 Å². The Kier molecular flexibility index (Phi) is 9.07. The lowest BCUT2D eigenvalue weighted by Crippen LogP contribution is -2.55. The predicted octanol–water partition coefficient (Wildman–Crippen LogP) is 15.9. The number of hydrogen-bond donors (Lipinski definition) is 0. The van der Waals surface area contributed by atoms with E-state index >= 15 is 0 Å². The van der Waals surface area contributed by atoms with E-state index < -0.39 is 0 Å². The van der Waals surface area contributed by atoms with Crippen molar-refractivity contribution in [3.63, 3.8) is 0 Å². The number of hydrogen-bond acceptors (Lipinski definition) is 3. The third-order valence-electron chi connectivity index (χ3n) is 15.8. The molecule has 2 heterocycles. The molecule has 4 aliphatic rings. The Morgan fingerprint density at radius 3 is 1.21 bits per heavy atom. The van der Waals surface area contributed by atoms with Gasteiger partial charge in [0, 0.05) is 33.6 Å². The highest BCUT2D eigenvalue weighted by Crippen LogP contribution is 2.65. The van der Waals surface area contributed by atoms with Crippen LogP contribution in [0.4, 0.5) is 39.8 Å². The molecular formula is C54H64ClN3. The number of nitrogens with zero attached hydrogens (tertiary/aromatic N) is 3. The Labute approximate surface area is 354 Å². The zero-order valence-corrected chi connectivity index (χ0v) is 37.5. The number of para-hydroxylation sites is 2. The lowest BCUT2D eigenvalue weighted by molar-refractivity contribution is 0.194. The third kappa shape index (κ3) is 5.65. The Morgan fingerprint density at radius 1 is 0.466 bits per heavy atom. The van der Waals surface area contributed by atoms with Crippen LogP contribution in [0.3, 0.4) is 0 Å². The molecule has 58 heavy (non-hydrogen) atoms. The van der Waals surface area contributed by atoms with Gasteiger partial charge in [-0.1, -0.05) is 153 Å². The molecule has 5 aromatic carbocycles. The molecule has 0 N–H and O–H groups in total. The van der Waals surface area contributed by atoms with Crippen LogP contribution in [0.5, 0.6) is 0 Å². The van der Waals surface area contributed by atoms with Gasteiger partial charge < -0.3 is 14.7 Å². The Bertz CT molecular complexity index is 2200. The molecule has 2 aliphatic heterocycles. The summed E-state index contributed by atoms with van der Waals surface area (Å²) < 4.78 is 0. The molecule has 4 unspecified atom stereocenters. The van der Waals surface area contributed by atoms with Gasteiger partial charge in [0.25, 0.3) is 0 Å². The normalized spacial score (nSPS) is 26.5. The number of anilines is 7. The number of rotatable bonds is 5. The molecule has 4 heteroatoms. The van der Waals surface area contributed by atoms with Gasteiger partial charge in [-0.15, -0.1) is 0 Å². The smallest absolute Gasteiger partial charge is 0.0881 e. The Hall–Kier alpha value is -4.21. The summed E-state index contributed by atoms with van der Waals surface area (Å²) in [5, 5.41) is 0.839. The lowest BCUT2D eigenvalue weighted by atomic mass is 9.61. The maximum Gasteiger partial charge on any atom is 0.0881 e. The summed E-state index contributed by atoms with van der Waals surface area (Å²) in [5.41, 5.74) is 13.6. The average Bonchev–Trinajstić information content (AvgIpc) is 3.53. The van der Waals surface area contributed by atoms with Crippen molar-refractivity contribution in [3.8, 4) is 0 Å². The molecular weight excluding hydrogens is 726 g/mol. The van der Waals surface area contributed by atoms with E-state index in [9.17, 15) is 0 Å². The zero-order valence-electron chi connectivity index (χ0n) is 36.8. The van der Waals surface area contributed by atoms with E-state index in [1.54, 1.807) is 0 Å². The summed E-state index contributed by atoms with van der Waals surface area (Å²) in [6.45, 7) is 23.9. The number of halogens is 1. The first-order valence-corrected chi connectivity index (χ1v) is 22.4. The largest absolute Gasteiger partial charge is 0.333 e. The van der Waals surface area contributed by atoms with Crippen LogP contribution in [0.2, 0.25) is 5.02 Å². The second-order valence-electron chi connectivity index (χ2n) is 21.1. The quantitative estimate of drug-likeness (QED) is 0.176. The first kappa shape index (κ1) is 39.3. The van der Waals surface area contributed by atoms with Crippen molar-refractivity contribution >= 4 is 51.4 Å². The molecule has 0 radical (unpaired) electrons. The monoisotopic (exact) mass is 789 g/mol. The summed E-state index contributed by atoms with van der Waals surface area (Å²) in [6, 6.07) is 41.8. The summed E-state index contributed by atoms with van der Waals surface area (Å²) in [7, 11) is 0. The second-order valence-corrected chi connectivity index (χ2v) is 21.4. The van der Waals surface area contributed by atoms with E-state index in [0.717, 1.165) is 46.3 Å². The van der Waals surface area contributed by atoms with Crippen LogP contribution in [0.25, 0.3) is 0 Å². The van der Waals surface area contributed by atoms with Crippen LogP contribution in [0.1, 0.15) is 143 Å². The van der Waals surface area contributed by atoms with Gasteiger partial charge in [0.15, 0.2) is 0 Å². The maximum absolute atomic E-state index is 8.19. The molecule has 0 saturated heterocycles. The molecule has 0 spiro atoms. The van der Waals surface area contributed by atoms with Crippen molar-refractivity contribution in [2.24, 2.45) is 0 Å². The molecule has 2 saturated carbocycles. The summed E-state index contributed by atoms with van der Waals surface area (Å²) in [6.07, 6.45) is 9.49. The molecule has 4 atom stereocenters. The van der Waals surface area contributed by atoms with Crippen molar-refractivity contribution < 1.29 is 0 Å². The zero-order chi connectivity index (χ0) is 41.0. The minimum Gasteiger partial charge on any atom is -0.333 e. The van der Waals surface area contributed by atoms with E-state index in [4.69, 9.17) is 11.6 Å². The lowest BCUT2D eigenvalue weighted by Gasteiger charge is -2.52. The highest BCUT2D eigenvalue weighted by Gasteiger charge is 2.60. The maximum atomic E-state index is 8.19. The standard InChI is InChI=1S/C54H64ClN3/c1-49(2,3)37-23-27-39(28-24-37)56(40-29-25-38(26-30-40)50(4,5)6)41-35-46(57-44-21-13-11-19-42(44)51(7)31-15-17-33-53(51,57)9)48(55)47(36-41)58-45-22-14-12-20-43(45)52(8)32-16-18-34-54(52,58)10/h11-14,19-30,35-36H,15-18,31-34H2,1-10H3. The third-order valence-corrected chi connectivity index (χ3v) is 16.2. The average molecular weight is 791 g/mol. The van der Waals surface area contributed by atoms with E-state index in [2.05, 4.69) is 193 Å². The van der Waals surface area contributed by atoms with Gasteiger partial charge in [-0.05, 0) is 121 Å². The summed E-state index contributed by atoms with van der Waals surface area (Å²) in [5.74, 6) is 0. The van der Waals surface area contributed by atoms with E-state index in [1.165, 1.54) is 72.2 Å². The van der Waals surface area contributed by atoms with Gasteiger partial charge >= 0.3 is 0 Å². The SMILES string of the molecule is CC(C)(C)c1ccc(N(c2ccc(C(C)(C)C)cc2)c2cc(N3c4ccccc4C4(C)CCCCC34C)c(Cl)c(N3c4ccccc4C4(C)CCCCC34C)c2)cc1. The van der Waals surface area contributed by atoms with Crippen molar-refractivity contribution in [2.75, 3.05) is 14.7 Å². The van der Waals surface area contributed by atoms with Crippen molar-refractivity contribution in [3.05, 3.63) is 136 Å². The van der Waals surface area contributed by atoms with Crippen LogP contribution in [-0.2, 0) is 21.7 Å². The first-order valence-electron chi connectivity index (χ1n) is 22.1. The first-order chi connectivity index (χ1) is 27.4. The Morgan fingerprint density at radius 2 is 0.828 bits per heavy atom. The summed E-state index contributed by atoms with van der Waals surface area (Å²) in [4.78, 5) is 7.85. The van der Waals surface area contributed by atoms with E-state index in [-0.39, 0.29) is 32.7 Å². The van der Waals surface area contributed by atoms with Gasteiger partial charge in [0.1, 0.15) is 0 Å². The van der Waals surface area contributed by atoms with Gasteiger partial charge in [0.05, 0.1) is 33.2 Å². The van der Waals surface area contributed by atoms with Crippen LogP contribution in [0, 0.1) is 0 Å². The Balaban J connectivity index is 1.35. The molecule has 0 bridgehead atoms. The molecule has 2 fully saturated rings. The van der Waals surface area contributed by atoms with Crippen LogP contribution in [0.15, 0.2) is 109 Å². The molecule has 5 aromatic rings. The van der Waals surface area contributed by atoms with Crippen molar-refractivity contribution in [1.29, 1.82) is 0 Å². The fraction of sp³-hybridized carbons (Fsp3) is 0.444. The van der Waals surface area contributed by atoms with Crippen molar-refractivity contribution in [2.45, 2.75) is 153 Å². The van der Waals surface area contributed by atoms with Gasteiger partial charge in [-0.25, -0.2) is 0 Å². The highest BCUT2D eigenvalue weighted by atomic mass is 35.5. The molecule has 0 amide bonds. The number of fused-ring (bicyclic) bond motifs is 6. The molecule has 3 nitrogen and oxygen atoms in total. The molecule has 0 aromatic heterocycles. The van der Waals surface area contributed by atoms with Gasteiger partial charge in [0.2, 0.25) is 0 Å². The molecule has 302 valence electrons.